The van der Waals surface area contributed by atoms with Crippen LogP contribution in [-0.4, -0.2) is 41.9 Å². The summed E-state index contributed by atoms with van der Waals surface area (Å²) in [5.74, 6) is 0.0980. The lowest BCUT2D eigenvalue weighted by Gasteiger charge is -2.15. The molecule has 112 valence electrons. The molecular weight excluding hydrogens is 390 g/mol. The minimum atomic E-state index is -0.0272. The molecule has 1 amide bonds. The molecule has 1 aromatic rings. The van der Waals surface area contributed by atoms with Crippen LogP contribution in [0.2, 0.25) is 0 Å². The molecule has 0 spiro atoms. The summed E-state index contributed by atoms with van der Waals surface area (Å²) >= 11 is 6.66. The molecule has 6 nitrogen and oxygen atoms in total. The third kappa shape index (κ3) is 5.54. The van der Waals surface area contributed by atoms with Crippen molar-refractivity contribution in [2.45, 2.75) is 19.3 Å². The van der Waals surface area contributed by atoms with Crippen molar-refractivity contribution < 1.29 is 4.79 Å². The second kappa shape index (κ2) is 8.31. The maximum absolute atomic E-state index is 12.1. The lowest BCUT2D eigenvalue weighted by atomic mass is 10.2. The van der Waals surface area contributed by atoms with E-state index in [9.17, 15) is 4.79 Å². The third-order valence-electron chi connectivity index (χ3n) is 2.75. The summed E-state index contributed by atoms with van der Waals surface area (Å²) in [5.41, 5.74) is 11.0. The molecule has 0 aliphatic heterocycles. The Kier molecular flexibility index (Phi) is 7.08. The molecule has 0 atom stereocenters. The molecule has 0 saturated heterocycles. The molecule has 0 bridgehead atoms. The number of hydrogen-bond acceptors (Lipinski definition) is 2. The highest BCUT2D eigenvalue weighted by molar-refractivity contribution is 9.13. The molecule has 1 rings (SSSR count). The van der Waals surface area contributed by atoms with E-state index in [4.69, 9.17) is 11.5 Å². The molecule has 1 aromatic heterocycles. The van der Waals surface area contributed by atoms with E-state index in [1.807, 2.05) is 0 Å². The smallest absolute Gasteiger partial charge is 0.270 e. The molecule has 1 heterocycles. The minimum Gasteiger partial charge on any atom is -0.370 e. The van der Waals surface area contributed by atoms with Crippen LogP contribution >= 0.6 is 31.9 Å². The van der Waals surface area contributed by atoms with E-state index in [1.165, 1.54) is 0 Å². The van der Waals surface area contributed by atoms with Gasteiger partial charge in [-0.05, 0) is 57.2 Å². The first kappa shape index (κ1) is 17.0. The Morgan fingerprint density at radius 1 is 1.35 bits per heavy atom. The number of aliphatic imine (C=N–C) groups is 1. The van der Waals surface area contributed by atoms with Crippen LogP contribution in [0, 0.1) is 0 Å². The highest BCUT2D eigenvalue weighted by atomic mass is 79.9. The second-order valence-corrected chi connectivity index (χ2v) is 6.09. The highest BCUT2D eigenvalue weighted by Gasteiger charge is 2.14. The first-order valence-electron chi connectivity index (χ1n) is 6.26. The summed E-state index contributed by atoms with van der Waals surface area (Å²) in [6.07, 6.45) is 2.82. The zero-order valence-corrected chi connectivity index (χ0v) is 14.5. The van der Waals surface area contributed by atoms with Crippen molar-refractivity contribution in [3.63, 3.8) is 0 Å². The predicted molar refractivity (Wildman–Crippen MR) is 87.7 cm³/mol. The largest absolute Gasteiger partial charge is 0.370 e. The number of rotatable bonds is 7. The van der Waals surface area contributed by atoms with Gasteiger partial charge in [-0.2, -0.15) is 0 Å². The number of guanidine groups is 1. The Morgan fingerprint density at radius 3 is 2.60 bits per heavy atom. The van der Waals surface area contributed by atoms with Gasteiger partial charge in [-0.3, -0.25) is 9.79 Å². The minimum absolute atomic E-state index is 0.0272. The van der Waals surface area contributed by atoms with Gasteiger partial charge in [0.15, 0.2) is 5.96 Å². The topological polar surface area (TPSA) is 100 Å². The summed E-state index contributed by atoms with van der Waals surface area (Å²) < 4.78 is 1.61. The molecular formula is C12H19Br2N5O. The van der Waals surface area contributed by atoms with Crippen LogP contribution in [0.3, 0.4) is 0 Å². The number of aromatic nitrogens is 1. The third-order valence-corrected chi connectivity index (χ3v) is 4.53. The van der Waals surface area contributed by atoms with Crippen molar-refractivity contribution in [1.29, 1.82) is 0 Å². The fourth-order valence-electron chi connectivity index (χ4n) is 1.67. The normalized spacial score (nSPS) is 10.3. The number of halogens is 2. The van der Waals surface area contributed by atoms with Crippen LogP contribution in [0.4, 0.5) is 0 Å². The highest BCUT2D eigenvalue weighted by Crippen LogP contribution is 2.23. The number of nitrogens with two attached hydrogens (primary N) is 2. The van der Waals surface area contributed by atoms with Gasteiger partial charge in [-0.25, -0.2) is 0 Å². The van der Waals surface area contributed by atoms with E-state index in [1.54, 1.807) is 18.0 Å². The maximum atomic E-state index is 12.1. The van der Waals surface area contributed by atoms with Crippen molar-refractivity contribution >= 4 is 43.7 Å². The van der Waals surface area contributed by atoms with Crippen molar-refractivity contribution in [3.8, 4) is 0 Å². The quantitative estimate of drug-likeness (QED) is 0.365. The Hall–Kier alpha value is -1.02. The molecule has 0 aliphatic rings. The summed E-state index contributed by atoms with van der Waals surface area (Å²) in [7, 11) is 1.79. The van der Waals surface area contributed by atoms with Crippen LogP contribution in [-0.2, 0) is 0 Å². The molecule has 20 heavy (non-hydrogen) atoms. The van der Waals surface area contributed by atoms with Crippen LogP contribution in [0.1, 0.15) is 29.8 Å². The van der Waals surface area contributed by atoms with E-state index >= 15 is 0 Å². The molecule has 0 unspecified atom stereocenters. The van der Waals surface area contributed by atoms with E-state index in [0.29, 0.717) is 18.8 Å². The lowest BCUT2D eigenvalue weighted by molar-refractivity contribution is 0.0787. The summed E-state index contributed by atoms with van der Waals surface area (Å²) in [5, 5.41) is 0. The lowest BCUT2D eigenvalue weighted by Crippen LogP contribution is -2.28. The molecule has 0 radical (unpaired) electrons. The van der Waals surface area contributed by atoms with Crippen molar-refractivity contribution in [1.82, 2.24) is 9.88 Å². The van der Waals surface area contributed by atoms with Gasteiger partial charge < -0.3 is 21.4 Å². The van der Waals surface area contributed by atoms with Gasteiger partial charge in [0, 0.05) is 20.1 Å². The van der Waals surface area contributed by atoms with Crippen LogP contribution in [0.25, 0.3) is 0 Å². The summed E-state index contributed by atoms with van der Waals surface area (Å²) in [6.45, 7) is 1.34. The van der Waals surface area contributed by atoms with Crippen LogP contribution < -0.4 is 11.5 Å². The second-order valence-electron chi connectivity index (χ2n) is 4.44. The van der Waals surface area contributed by atoms with E-state index < -0.39 is 0 Å². The number of carbonyl (C=O) groups is 1. The molecule has 0 aromatic carbocycles. The zero-order valence-electron chi connectivity index (χ0n) is 11.3. The van der Waals surface area contributed by atoms with Gasteiger partial charge in [0.1, 0.15) is 5.69 Å². The molecule has 0 fully saturated rings. The number of H-pyrrole nitrogens is 1. The maximum Gasteiger partial charge on any atom is 0.270 e. The number of amides is 1. The standard InChI is InChI=1S/C12H19Br2N5O/c1-19(6-4-2-3-5-17-12(15)16)11(20)9-7-8(13)10(14)18-9/h7,18H,2-6H2,1H3,(H4,15,16,17). The van der Waals surface area contributed by atoms with Gasteiger partial charge in [0.25, 0.3) is 5.91 Å². The fourth-order valence-corrected chi connectivity index (χ4v) is 2.33. The molecule has 0 aliphatic carbocycles. The van der Waals surface area contributed by atoms with Gasteiger partial charge in [-0.15, -0.1) is 0 Å². The average molecular weight is 409 g/mol. The zero-order chi connectivity index (χ0) is 15.1. The van der Waals surface area contributed by atoms with Crippen LogP contribution in [0.5, 0.6) is 0 Å². The number of nitrogens with one attached hydrogen (secondary N) is 1. The van der Waals surface area contributed by atoms with E-state index in [0.717, 1.165) is 28.3 Å². The SMILES string of the molecule is CN(CCCCCN=C(N)N)C(=O)c1cc(Br)c(Br)[nH]1. The first-order valence-corrected chi connectivity index (χ1v) is 7.85. The monoisotopic (exact) mass is 407 g/mol. The summed E-state index contributed by atoms with van der Waals surface area (Å²) in [6, 6.07) is 1.77. The number of unbranched alkanes of at least 4 members (excludes halogenated alkanes) is 2. The summed E-state index contributed by atoms with van der Waals surface area (Å²) in [4.78, 5) is 20.7. The Balaban J connectivity index is 2.30. The van der Waals surface area contributed by atoms with Crippen molar-refractivity contribution in [3.05, 3.63) is 20.8 Å². The molecule has 5 N–H and O–H groups in total. The number of carbonyl (C=O) groups excluding carboxylic acids is 1. The molecule has 8 heteroatoms. The van der Waals surface area contributed by atoms with Crippen molar-refractivity contribution in [2.75, 3.05) is 20.1 Å². The van der Waals surface area contributed by atoms with Crippen molar-refractivity contribution in [2.24, 2.45) is 16.5 Å². The van der Waals surface area contributed by atoms with E-state index in [2.05, 4.69) is 41.8 Å². The number of aromatic amines is 1. The van der Waals surface area contributed by atoms with E-state index in [-0.39, 0.29) is 11.9 Å². The molecule has 0 saturated carbocycles. The van der Waals surface area contributed by atoms with Crippen LogP contribution in [0.15, 0.2) is 20.1 Å². The Labute approximate surface area is 135 Å². The number of nitrogens with zero attached hydrogens (tertiary/aromatic N) is 2. The Bertz CT molecular complexity index is 463. The van der Waals surface area contributed by atoms with Gasteiger partial charge in [0.2, 0.25) is 0 Å². The Morgan fingerprint density at radius 2 is 2.05 bits per heavy atom. The van der Waals surface area contributed by atoms with Gasteiger partial charge in [-0.1, -0.05) is 0 Å². The fraction of sp³-hybridized carbons (Fsp3) is 0.500. The predicted octanol–water partition coefficient (Wildman–Crippen LogP) is 2.06. The average Bonchev–Trinajstić information content (AvgIpc) is 2.72. The first-order chi connectivity index (χ1) is 9.41. The van der Waals surface area contributed by atoms with Gasteiger partial charge in [0.05, 0.1) is 9.08 Å². The van der Waals surface area contributed by atoms with Gasteiger partial charge >= 0.3 is 0 Å². The number of hydrogen-bond donors (Lipinski definition) is 3.